The molecule has 0 aromatic carbocycles. The molecule has 0 N–H and O–H groups in total. The van der Waals surface area contributed by atoms with Crippen molar-refractivity contribution in [2.24, 2.45) is 0 Å². The Kier molecular flexibility index (Phi) is 5.68. The van der Waals surface area contributed by atoms with Crippen LogP contribution in [0.3, 0.4) is 0 Å². The summed E-state index contributed by atoms with van der Waals surface area (Å²) >= 11 is 3.18. The van der Waals surface area contributed by atoms with Crippen LogP contribution in [0.15, 0.2) is 12.2 Å². The summed E-state index contributed by atoms with van der Waals surface area (Å²) in [5, 5.41) is 0. The largest absolute Gasteiger partial charge is 0.462 e. The number of esters is 1. The normalized spacial score (nSPS) is 15.2. The molecular formula is C12H16BrNO5. The lowest BCUT2D eigenvalue weighted by Crippen LogP contribution is -2.33. The van der Waals surface area contributed by atoms with Gasteiger partial charge in [-0.25, -0.2) is 0 Å². The standard InChI is InChI=1S/C12H16BrNO5/c1-12(2,13)11(17)19-8-7-18-6-5-14-9(15)3-4-10(14)16/h3-4H,5-8H2,1-2H3. The third-order valence-electron chi connectivity index (χ3n) is 2.31. The van der Waals surface area contributed by atoms with E-state index in [0.717, 1.165) is 4.90 Å². The quantitative estimate of drug-likeness (QED) is 0.296. The highest BCUT2D eigenvalue weighted by molar-refractivity contribution is 9.10. The average Bonchev–Trinajstić information content (AvgIpc) is 2.63. The monoisotopic (exact) mass is 333 g/mol. The van der Waals surface area contributed by atoms with Gasteiger partial charge in [-0.1, -0.05) is 15.9 Å². The molecule has 0 atom stereocenters. The summed E-state index contributed by atoms with van der Waals surface area (Å²) in [6.07, 6.45) is 2.45. The highest BCUT2D eigenvalue weighted by Crippen LogP contribution is 2.17. The molecule has 1 aliphatic rings. The molecule has 6 nitrogen and oxygen atoms in total. The van der Waals surface area contributed by atoms with Gasteiger partial charge in [0.1, 0.15) is 10.9 Å². The summed E-state index contributed by atoms with van der Waals surface area (Å²) in [6.45, 7) is 4.14. The Labute approximate surface area is 119 Å². The fourth-order valence-electron chi connectivity index (χ4n) is 1.27. The van der Waals surface area contributed by atoms with E-state index in [9.17, 15) is 14.4 Å². The number of amides is 2. The molecule has 106 valence electrons. The zero-order chi connectivity index (χ0) is 14.5. The molecule has 0 aromatic heterocycles. The molecule has 0 saturated heterocycles. The van der Waals surface area contributed by atoms with E-state index < -0.39 is 4.32 Å². The number of carbonyl (C=O) groups is 3. The minimum Gasteiger partial charge on any atom is -0.462 e. The molecule has 0 saturated carbocycles. The maximum Gasteiger partial charge on any atom is 0.322 e. The van der Waals surface area contributed by atoms with Crippen LogP contribution in [-0.2, 0) is 23.9 Å². The van der Waals surface area contributed by atoms with Gasteiger partial charge in [0.2, 0.25) is 0 Å². The Morgan fingerprint density at radius 3 is 2.32 bits per heavy atom. The van der Waals surface area contributed by atoms with E-state index in [0.29, 0.717) is 0 Å². The van der Waals surface area contributed by atoms with Crippen LogP contribution in [0.1, 0.15) is 13.8 Å². The van der Waals surface area contributed by atoms with Gasteiger partial charge in [-0.3, -0.25) is 19.3 Å². The van der Waals surface area contributed by atoms with Gasteiger partial charge in [0, 0.05) is 12.2 Å². The molecule has 0 bridgehead atoms. The first-order valence-corrected chi connectivity index (χ1v) is 6.59. The minimum atomic E-state index is -0.715. The Hall–Kier alpha value is -1.21. The molecule has 0 radical (unpaired) electrons. The lowest BCUT2D eigenvalue weighted by Gasteiger charge is -2.15. The maximum atomic E-state index is 11.4. The van der Waals surface area contributed by atoms with E-state index in [1.807, 2.05) is 0 Å². The number of carbonyl (C=O) groups excluding carboxylic acids is 3. The van der Waals surface area contributed by atoms with Gasteiger partial charge in [-0.05, 0) is 13.8 Å². The molecule has 0 aromatic rings. The van der Waals surface area contributed by atoms with E-state index in [4.69, 9.17) is 9.47 Å². The maximum absolute atomic E-state index is 11.4. The molecule has 0 fully saturated rings. The molecule has 19 heavy (non-hydrogen) atoms. The van der Waals surface area contributed by atoms with Gasteiger partial charge in [0.05, 0.1) is 19.8 Å². The van der Waals surface area contributed by atoms with Crippen molar-refractivity contribution >= 4 is 33.7 Å². The lowest BCUT2D eigenvalue weighted by atomic mass is 10.2. The first kappa shape index (κ1) is 15.8. The average molecular weight is 334 g/mol. The van der Waals surface area contributed by atoms with Gasteiger partial charge in [0.25, 0.3) is 11.8 Å². The van der Waals surface area contributed by atoms with Crippen LogP contribution in [-0.4, -0.2) is 53.4 Å². The first-order valence-electron chi connectivity index (χ1n) is 5.80. The molecule has 0 spiro atoms. The number of ether oxygens (including phenoxy) is 2. The number of halogens is 1. The van der Waals surface area contributed by atoms with Crippen molar-refractivity contribution in [3.05, 3.63) is 12.2 Å². The topological polar surface area (TPSA) is 72.9 Å². The summed E-state index contributed by atoms with van der Waals surface area (Å²) < 4.78 is 9.42. The third kappa shape index (κ3) is 5.12. The van der Waals surface area contributed by atoms with Crippen LogP contribution in [0.2, 0.25) is 0 Å². The van der Waals surface area contributed by atoms with Crippen LogP contribution in [0.5, 0.6) is 0 Å². The molecule has 1 rings (SSSR count). The highest BCUT2D eigenvalue weighted by atomic mass is 79.9. The van der Waals surface area contributed by atoms with Gasteiger partial charge >= 0.3 is 5.97 Å². The summed E-state index contributed by atoms with van der Waals surface area (Å²) in [5.74, 6) is -1.03. The summed E-state index contributed by atoms with van der Waals surface area (Å²) in [6, 6.07) is 0. The number of alkyl halides is 1. The van der Waals surface area contributed by atoms with E-state index in [1.165, 1.54) is 12.2 Å². The summed E-state index contributed by atoms with van der Waals surface area (Å²) in [4.78, 5) is 34.8. The van der Waals surface area contributed by atoms with Crippen molar-refractivity contribution in [3.63, 3.8) is 0 Å². The summed E-state index contributed by atoms with van der Waals surface area (Å²) in [7, 11) is 0. The zero-order valence-corrected chi connectivity index (χ0v) is 12.4. The second-order valence-electron chi connectivity index (χ2n) is 4.38. The van der Waals surface area contributed by atoms with Crippen LogP contribution >= 0.6 is 15.9 Å². The zero-order valence-electron chi connectivity index (χ0n) is 10.8. The van der Waals surface area contributed by atoms with Crippen molar-refractivity contribution in [1.82, 2.24) is 4.90 Å². The van der Waals surface area contributed by atoms with Gasteiger partial charge in [-0.2, -0.15) is 0 Å². The Morgan fingerprint density at radius 2 is 1.79 bits per heavy atom. The van der Waals surface area contributed by atoms with Crippen LogP contribution in [0.4, 0.5) is 0 Å². The smallest absolute Gasteiger partial charge is 0.322 e. The number of hydrogen-bond acceptors (Lipinski definition) is 5. The second kappa shape index (κ2) is 6.81. The van der Waals surface area contributed by atoms with E-state index in [1.54, 1.807) is 13.8 Å². The van der Waals surface area contributed by atoms with Gasteiger partial charge < -0.3 is 9.47 Å². The Morgan fingerprint density at radius 1 is 1.21 bits per heavy atom. The summed E-state index contributed by atoms with van der Waals surface area (Å²) in [5.41, 5.74) is 0. The molecular weight excluding hydrogens is 318 g/mol. The third-order valence-corrected chi connectivity index (χ3v) is 2.63. The second-order valence-corrected chi connectivity index (χ2v) is 6.36. The predicted molar refractivity (Wildman–Crippen MR) is 70.6 cm³/mol. The number of rotatable bonds is 7. The van der Waals surface area contributed by atoms with Crippen molar-refractivity contribution in [2.45, 2.75) is 18.2 Å². The van der Waals surface area contributed by atoms with Crippen molar-refractivity contribution < 1.29 is 23.9 Å². The fraction of sp³-hybridized carbons (Fsp3) is 0.583. The van der Waals surface area contributed by atoms with Crippen molar-refractivity contribution in [2.75, 3.05) is 26.4 Å². The van der Waals surface area contributed by atoms with Gasteiger partial charge in [-0.15, -0.1) is 0 Å². The Balaban J connectivity index is 2.08. The van der Waals surface area contributed by atoms with E-state index >= 15 is 0 Å². The predicted octanol–water partition coefficient (Wildman–Crippen LogP) is 0.645. The van der Waals surface area contributed by atoms with Crippen LogP contribution in [0.25, 0.3) is 0 Å². The van der Waals surface area contributed by atoms with Crippen LogP contribution < -0.4 is 0 Å². The van der Waals surface area contributed by atoms with E-state index in [-0.39, 0.29) is 44.1 Å². The SMILES string of the molecule is CC(C)(Br)C(=O)OCCOCCN1C(=O)C=CC1=O. The Bertz CT molecular complexity index is 381. The molecule has 0 unspecified atom stereocenters. The first-order chi connectivity index (χ1) is 8.82. The van der Waals surface area contributed by atoms with Crippen molar-refractivity contribution in [3.8, 4) is 0 Å². The molecule has 1 aliphatic heterocycles. The fourth-order valence-corrected chi connectivity index (χ4v) is 1.39. The van der Waals surface area contributed by atoms with E-state index in [2.05, 4.69) is 15.9 Å². The number of nitrogens with zero attached hydrogens (tertiary/aromatic N) is 1. The highest BCUT2D eigenvalue weighted by Gasteiger charge is 2.25. The lowest BCUT2D eigenvalue weighted by molar-refractivity contribution is -0.146. The molecule has 0 aliphatic carbocycles. The number of hydrogen-bond donors (Lipinski definition) is 0. The van der Waals surface area contributed by atoms with Crippen LogP contribution in [0, 0.1) is 0 Å². The molecule has 7 heteroatoms. The molecule has 2 amide bonds. The minimum absolute atomic E-state index is 0.133. The van der Waals surface area contributed by atoms with Crippen molar-refractivity contribution in [1.29, 1.82) is 0 Å². The number of imide groups is 1. The molecule has 1 heterocycles. The van der Waals surface area contributed by atoms with Gasteiger partial charge in [0.15, 0.2) is 0 Å².